The standard InChI is InChI=1S/C18H15BrClF3N2O3S/c1-9-5-11-6-12(19)7-16(17(11)25(9)10(2)26)29(27,28)24-13-3-4-15(20)14(8-13)18(21,22)23/h3-4,6-9,24H,5H2,1-2H3/t9-/m1/s1. The van der Waals surface area contributed by atoms with E-state index in [2.05, 4.69) is 20.7 Å². The van der Waals surface area contributed by atoms with Gasteiger partial charge < -0.3 is 4.90 Å². The van der Waals surface area contributed by atoms with Crippen molar-refractivity contribution >= 4 is 54.8 Å². The molecule has 3 rings (SSSR count). The third-order valence-corrected chi connectivity index (χ3v) is 6.65. The normalized spacial score (nSPS) is 16.7. The monoisotopic (exact) mass is 510 g/mol. The van der Waals surface area contributed by atoms with E-state index >= 15 is 0 Å². The Morgan fingerprint density at radius 1 is 1.28 bits per heavy atom. The first-order valence-electron chi connectivity index (χ1n) is 8.33. The van der Waals surface area contributed by atoms with E-state index in [9.17, 15) is 26.4 Å². The summed E-state index contributed by atoms with van der Waals surface area (Å²) in [5, 5.41) is -0.541. The van der Waals surface area contributed by atoms with Gasteiger partial charge in [0.2, 0.25) is 5.91 Å². The first-order valence-corrected chi connectivity index (χ1v) is 11.0. The largest absolute Gasteiger partial charge is 0.417 e. The Balaban J connectivity index is 2.10. The zero-order chi connectivity index (χ0) is 21.7. The Morgan fingerprint density at radius 2 is 1.93 bits per heavy atom. The third-order valence-electron chi connectivity index (χ3n) is 4.47. The molecule has 0 unspecified atom stereocenters. The molecule has 11 heteroatoms. The van der Waals surface area contributed by atoms with Gasteiger partial charge in [0.1, 0.15) is 4.90 Å². The van der Waals surface area contributed by atoms with Gasteiger partial charge in [0.25, 0.3) is 10.0 Å². The molecular weight excluding hydrogens is 497 g/mol. The Kier molecular flexibility index (Phi) is 5.65. The molecule has 0 saturated carbocycles. The summed E-state index contributed by atoms with van der Waals surface area (Å²) < 4.78 is 68.0. The van der Waals surface area contributed by atoms with Crippen molar-refractivity contribution in [2.75, 3.05) is 9.62 Å². The fourth-order valence-corrected chi connectivity index (χ4v) is 5.57. The minimum Gasteiger partial charge on any atom is -0.308 e. The van der Waals surface area contributed by atoms with Crippen LogP contribution >= 0.6 is 27.5 Å². The summed E-state index contributed by atoms with van der Waals surface area (Å²) in [5.41, 5.74) is -0.575. The minimum atomic E-state index is -4.74. The van der Waals surface area contributed by atoms with Crippen molar-refractivity contribution in [1.82, 2.24) is 0 Å². The number of halogens is 5. The maximum absolute atomic E-state index is 13.1. The van der Waals surface area contributed by atoms with E-state index in [1.807, 2.05) is 0 Å². The van der Waals surface area contributed by atoms with Gasteiger partial charge in [-0.1, -0.05) is 27.5 Å². The third kappa shape index (κ3) is 4.24. The number of nitrogens with one attached hydrogen (secondary N) is 1. The van der Waals surface area contributed by atoms with Crippen molar-refractivity contribution in [2.45, 2.75) is 37.4 Å². The number of carbonyl (C=O) groups is 1. The average molecular weight is 512 g/mol. The summed E-state index contributed by atoms with van der Waals surface area (Å²) in [6.45, 7) is 3.11. The van der Waals surface area contributed by atoms with Crippen molar-refractivity contribution in [3.05, 3.63) is 51.0 Å². The predicted molar refractivity (Wildman–Crippen MR) is 108 cm³/mol. The molecule has 2 aromatic carbocycles. The molecule has 1 atom stereocenters. The highest BCUT2D eigenvalue weighted by Gasteiger charge is 2.36. The van der Waals surface area contributed by atoms with Crippen LogP contribution in [-0.2, 0) is 27.4 Å². The van der Waals surface area contributed by atoms with Crippen molar-refractivity contribution in [3.8, 4) is 0 Å². The van der Waals surface area contributed by atoms with Crippen molar-refractivity contribution in [2.24, 2.45) is 0 Å². The fourth-order valence-electron chi connectivity index (χ4n) is 3.38. The Hall–Kier alpha value is -1.78. The smallest absolute Gasteiger partial charge is 0.308 e. The molecule has 156 valence electrons. The molecule has 0 bridgehead atoms. The summed E-state index contributed by atoms with van der Waals surface area (Å²) in [7, 11) is -4.31. The molecule has 1 N–H and O–H groups in total. The molecule has 1 heterocycles. The zero-order valence-corrected chi connectivity index (χ0v) is 18.3. The molecule has 0 aliphatic carbocycles. The second-order valence-corrected chi connectivity index (χ2v) is 9.63. The van der Waals surface area contributed by atoms with Crippen LogP contribution in [-0.4, -0.2) is 20.4 Å². The quantitative estimate of drug-likeness (QED) is 0.614. The number of hydrogen-bond donors (Lipinski definition) is 1. The van der Waals surface area contributed by atoms with Gasteiger partial charge in [0, 0.05) is 23.1 Å². The number of amides is 1. The van der Waals surface area contributed by atoms with Gasteiger partial charge >= 0.3 is 6.18 Å². The van der Waals surface area contributed by atoms with Gasteiger partial charge in [-0.25, -0.2) is 8.42 Å². The molecule has 0 aromatic heterocycles. The van der Waals surface area contributed by atoms with Crippen LogP contribution < -0.4 is 9.62 Å². The maximum Gasteiger partial charge on any atom is 0.417 e. The van der Waals surface area contributed by atoms with Crippen LogP contribution in [0.15, 0.2) is 39.7 Å². The molecule has 5 nitrogen and oxygen atoms in total. The first kappa shape index (κ1) is 21.9. The van der Waals surface area contributed by atoms with Crippen molar-refractivity contribution < 1.29 is 26.4 Å². The van der Waals surface area contributed by atoms with Gasteiger partial charge in [-0.2, -0.15) is 13.2 Å². The second kappa shape index (κ2) is 7.48. The highest BCUT2D eigenvalue weighted by Crippen LogP contribution is 2.41. The Morgan fingerprint density at radius 3 is 2.52 bits per heavy atom. The number of nitrogens with zero attached hydrogens (tertiary/aromatic N) is 1. The van der Waals surface area contributed by atoms with Crippen LogP contribution in [0.5, 0.6) is 0 Å². The van der Waals surface area contributed by atoms with Crippen LogP contribution in [0.2, 0.25) is 5.02 Å². The van der Waals surface area contributed by atoms with Crippen LogP contribution in [0.3, 0.4) is 0 Å². The number of benzene rings is 2. The van der Waals surface area contributed by atoms with E-state index in [0.717, 1.165) is 12.1 Å². The summed E-state index contributed by atoms with van der Waals surface area (Å²) in [6.07, 6.45) is -4.29. The van der Waals surface area contributed by atoms with Crippen molar-refractivity contribution in [1.29, 1.82) is 0 Å². The molecule has 0 saturated heterocycles. The van der Waals surface area contributed by atoms with E-state index < -0.39 is 26.8 Å². The molecular formula is C18H15BrClF3N2O3S. The summed E-state index contributed by atoms with van der Waals surface area (Å²) in [6, 6.07) is 5.52. The number of sulfonamides is 1. The molecule has 0 spiro atoms. The van der Waals surface area contributed by atoms with E-state index in [0.29, 0.717) is 22.5 Å². The summed E-state index contributed by atoms with van der Waals surface area (Å²) in [4.78, 5) is 13.3. The first-order chi connectivity index (χ1) is 13.3. The SMILES string of the molecule is CC(=O)N1c2c(cc(Br)cc2S(=O)(=O)Nc2ccc(Cl)c(C(F)(F)F)c2)C[C@H]1C. The Bertz CT molecular complexity index is 1110. The van der Waals surface area contributed by atoms with Gasteiger partial charge in [0.15, 0.2) is 0 Å². The number of fused-ring (bicyclic) bond motifs is 1. The molecule has 1 aliphatic heterocycles. The molecule has 1 aliphatic rings. The molecule has 0 fully saturated rings. The number of anilines is 2. The van der Waals surface area contributed by atoms with Crippen LogP contribution in [0.1, 0.15) is 25.0 Å². The predicted octanol–water partition coefficient (Wildman–Crippen LogP) is 5.22. The Labute approximate surface area is 179 Å². The lowest BCUT2D eigenvalue weighted by molar-refractivity contribution is -0.137. The highest BCUT2D eigenvalue weighted by molar-refractivity contribution is 9.10. The van der Waals surface area contributed by atoms with E-state index in [4.69, 9.17) is 11.6 Å². The van der Waals surface area contributed by atoms with Gasteiger partial charge in [-0.3, -0.25) is 9.52 Å². The molecule has 29 heavy (non-hydrogen) atoms. The fraction of sp³-hybridized carbons (Fsp3) is 0.278. The summed E-state index contributed by atoms with van der Waals surface area (Å²) >= 11 is 8.84. The van der Waals surface area contributed by atoms with Gasteiger partial charge in [-0.15, -0.1) is 0 Å². The molecule has 1 amide bonds. The average Bonchev–Trinajstić information content (AvgIpc) is 2.90. The maximum atomic E-state index is 13.1. The number of rotatable bonds is 3. The lowest BCUT2D eigenvalue weighted by atomic mass is 10.1. The topological polar surface area (TPSA) is 66.5 Å². The minimum absolute atomic E-state index is 0.204. The van der Waals surface area contributed by atoms with E-state index in [-0.39, 0.29) is 28.2 Å². The van der Waals surface area contributed by atoms with E-state index in [1.165, 1.54) is 17.9 Å². The van der Waals surface area contributed by atoms with Crippen molar-refractivity contribution in [3.63, 3.8) is 0 Å². The summed E-state index contributed by atoms with van der Waals surface area (Å²) in [5.74, 6) is -0.333. The number of carbonyl (C=O) groups excluding carboxylic acids is 1. The van der Waals surface area contributed by atoms with Crippen LogP contribution in [0.4, 0.5) is 24.5 Å². The van der Waals surface area contributed by atoms with Crippen LogP contribution in [0.25, 0.3) is 0 Å². The van der Waals surface area contributed by atoms with Crippen LogP contribution in [0, 0.1) is 0 Å². The number of alkyl halides is 3. The molecule has 2 aromatic rings. The van der Waals surface area contributed by atoms with Gasteiger partial charge in [-0.05, 0) is 49.2 Å². The molecule has 0 radical (unpaired) electrons. The van der Waals surface area contributed by atoms with E-state index in [1.54, 1.807) is 13.0 Å². The lowest BCUT2D eigenvalue weighted by Crippen LogP contribution is -2.34. The zero-order valence-electron chi connectivity index (χ0n) is 15.1. The second-order valence-electron chi connectivity index (χ2n) is 6.65. The number of hydrogen-bond acceptors (Lipinski definition) is 3. The van der Waals surface area contributed by atoms with Gasteiger partial charge in [0.05, 0.1) is 16.3 Å². The highest BCUT2D eigenvalue weighted by atomic mass is 79.9. The lowest BCUT2D eigenvalue weighted by Gasteiger charge is -2.23.